The van der Waals surface area contributed by atoms with E-state index in [2.05, 4.69) is 20.8 Å². The third kappa shape index (κ3) is 6.74. The lowest BCUT2D eigenvalue weighted by molar-refractivity contribution is 0.374. The monoisotopic (exact) mass is 478 g/mol. The largest absolute Gasteiger partial charge is 0.497 e. The third-order valence-corrected chi connectivity index (χ3v) is 3.92. The molecule has 0 atom stereocenters. The minimum absolute atomic E-state index is 0. The summed E-state index contributed by atoms with van der Waals surface area (Å²) in [6, 6.07) is 7.64. The van der Waals surface area contributed by atoms with Gasteiger partial charge in [0.1, 0.15) is 5.75 Å². The van der Waals surface area contributed by atoms with Gasteiger partial charge < -0.3 is 19.9 Å². The highest BCUT2D eigenvalue weighted by atomic mass is 127. The normalized spacial score (nSPS) is 11.0. The maximum absolute atomic E-state index is 6.24. The molecule has 2 N–H and O–H groups in total. The lowest BCUT2D eigenvalue weighted by Gasteiger charge is -2.11. The van der Waals surface area contributed by atoms with Crippen LogP contribution in [0, 0.1) is 0 Å². The summed E-state index contributed by atoms with van der Waals surface area (Å²) in [7, 11) is 3.36. The molecule has 6 nitrogen and oxygen atoms in total. The van der Waals surface area contributed by atoms with Crippen molar-refractivity contribution in [3.63, 3.8) is 0 Å². The van der Waals surface area contributed by atoms with Crippen molar-refractivity contribution in [1.29, 1.82) is 0 Å². The Morgan fingerprint density at radius 2 is 2.12 bits per heavy atom. The molecule has 0 saturated carbocycles. The minimum atomic E-state index is 0. The lowest BCUT2D eigenvalue weighted by atomic mass is 10.1. The molecule has 8 heteroatoms. The van der Waals surface area contributed by atoms with Gasteiger partial charge in [-0.2, -0.15) is 0 Å². The predicted molar refractivity (Wildman–Crippen MR) is 111 cm³/mol. The van der Waals surface area contributed by atoms with Gasteiger partial charge in [0.2, 0.25) is 0 Å². The van der Waals surface area contributed by atoms with Gasteiger partial charge in [0.15, 0.2) is 11.7 Å². The Morgan fingerprint density at radius 3 is 2.72 bits per heavy atom. The summed E-state index contributed by atoms with van der Waals surface area (Å²) >= 11 is 6.24. The second kappa shape index (κ2) is 11.2. The van der Waals surface area contributed by atoms with E-state index in [4.69, 9.17) is 20.9 Å². The summed E-state index contributed by atoms with van der Waals surface area (Å²) in [4.78, 5) is 4.19. The quantitative estimate of drug-likeness (QED) is 0.362. The number of guanidine groups is 1. The van der Waals surface area contributed by atoms with E-state index >= 15 is 0 Å². The van der Waals surface area contributed by atoms with Gasteiger partial charge in [0.05, 0.1) is 19.3 Å². The van der Waals surface area contributed by atoms with Gasteiger partial charge >= 0.3 is 0 Å². The van der Waals surface area contributed by atoms with E-state index in [9.17, 15) is 0 Å². The van der Waals surface area contributed by atoms with E-state index in [1.807, 2.05) is 31.2 Å². The van der Waals surface area contributed by atoms with E-state index in [1.165, 1.54) is 0 Å². The zero-order valence-corrected chi connectivity index (χ0v) is 17.7. The van der Waals surface area contributed by atoms with Crippen LogP contribution >= 0.6 is 35.6 Å². The van der Waals surface area contributed by atoms with Crippen molar-refractivity contribution >= 4 is 41.5 Å². The summed E-state index contributed by atoms with van der Waals surface area (Å²) in [5.74, 6) is 2.25. The van der Waals surface area contributed by atoms with Gasteiger partial charge in [-0.15, -0.1) is 24.0 Å². The van der Waals surface area contributed by atoms with Crippen molar-refractivity contribution < 1.29 is 9.26 Å². The Bertz CT molecular complexity index is 691. The van der Waals surface area contributed by atoms with Gasteiger partial charge in [-0.25, -0.2) is 0 Å². The van der Waals surface area contributed by atoms with Gasteiger partial charge in [-0.1, -0.05) is 29.7 Å². The zero-order valence-electron chi connectivity index (χ0n) is 14.6. The average molecular weight is 479 g/mol. The number of hydrogen-bond donors (Lipinski definition) is 2. The number of halogens is 2. The van der Waals surface area contributed by atoms with Crippen LogP contribution in [0.1, 0.15) is 23.9 Å². The Morgan fingerprint density at radius 1 is 1.32 bits per heavy atom. The molecule has 0 aliphatic rings. The van der Waals surface area contributed by atoms with Gasteiger partial charge in [-0.05, 0) is 30.5 Å². The fraction of sp³-hybridized carbons (Fsp3) is 0.412. The van der Waals surface area contributed by atoms with Crippen molar-refractivity contribution in [1.82, 2.24) is 15.8 Å². The molecule has 0 spiro atoms. The summed E-state index contributed by atoms with van der Waals surface area (Å²) in [6.07, 6.45) is 1.64. The molecular formula is C17H24ClIN4O2. The minimum Gasteiger partial charge on any atom is -0.497 e. The van der Waals surface area contributed by atoms with Crippen LogP contribution in [-0.4, -0.2) is 31.8 Å². The van der Waals surface area contributed by atoms with Crippen molar-refractivity contribution in [3.05, 3.63) is 46.3 Å². The summed E-state index contributed by atoms with van der Waals surface area (Å²) < 4.78 is 10.4. The van der Waals surface area contributed by atoms with Gasteiger partial charge in [-0.3, -0.25) is 4.99 Å². The second-order valence-corrected chi connectivity index (χ2v) is 5.61. The van der Waals surface area contributed by atoms with E-state index in [1.54, 1.807) is 14.2 Å². The van der Waals surface area contributed by atoms with Crippen molar-refractivity contribution in [2.24, 2.45) is 4.99 Å². The van der Waals surface area contributed by atoms with Crippen molar-refractivity contribution in [2.75, 3.05) is 20.7 Å². The van der Waals surface area contributed by atoms with Crippen LogP contribution in [0.2, 0.25) is 5.02 Å². The summed E-state index contributed by atoms with van der Waals surface area (Å²) in [5, 5.41) is 11.1. The first-order valence-electron chi connectivity index (χ1n) is 7.87. The fourth-order valence-corrected chi connectivity index (χ4v) is 2.44. The lowest BCUT2D eigenvalue weighted by Crippen LogP contribution is -2.37. The molecule has 0 aliphatic heterocycles. The van der Waals surface area contributed by atoms with Crippen LogP contribution in [0.5, 0.6) is 5.75 Å². The number of benzene rings is 1. The molecule has 138 valence electrons. The van der Waals surface area contributed by atoms with Crippen LogP contribution < -0.4 is 15.4 Å². The van der Waals surface area contributed by atoms with Crippen LogP contribution in [-0.2, 0) is 19.4 Å². The maximum Gasteiger partial charge on any atom is 0.191 e. The zero-order chi connectivity index (χ0) is 17.4. The predicted octanol–water partition coefficient (Wildman–Crippen LogP) is 3.42. The SMILES string of the molecule is CCc1cc(CNC(=NC)NCCc2ccc(OC)cc2Cl)on1.I. The molecule has 1 aromatic carbocycles. The van der Waals surface area contributed by atoms with Crippen LogP contribution in [0.15, 0.2) is 33.8 Å². The number of aromatic nitrogens is 1. The van der Waals surface area contributed by atoms with Crippen LogP contribution in [0.25, 0.3) is 0 Å². The Labute approximate surface area is 170 Å². The maximum atomic E-state index is 6.24. The number of aliphatic imine (C=N–C) groups is 1. The number of aryl methyl sites for hydroxylation is 1. The van der Waals surface area contributed by atoms with E-state index < -0.39 is 0 Å². The van der Waals surface area contributed by atoms with Crippen molar-refractivity contribution in [2.45, 2.75) is 26.3 Å². The highest BCUT2D eigenvalue weighted by Crippen LogP contribution is 2.22. The Kier molecular flexibility index (Phi) is 9.66. The molecule has 25 heavy (non-hydrogen) atoms. The molecule has 1 heterocycles. The highest BCUT2D eigenvalue weighted by molar-refractivity contribution is 14.0. The van der Waals surface area contributed by atoms with E-state index in [0.29, 0.717) is 24.1 Å². The first kappa shape index (κ1) is 21.6. The first-order valence-corrected chi connectivity index (χ1v) is 8.25. The molecule has 0 fully saturated rings. The molecule has 0 amide bonds. The highest BCUT2D eigenvalue weighted by Gasteiger charge is 2.05. The number of rotatable bonds is 7. The Hall–Kier alpha value is -1.48. The van der Waals surface area contributed by atoms with Crippen LogP contribution in [0.4, 0.5) is 0 Å². The third-order valence-electron chi connectivity index (χ3n) is 3.57. The number of methoxy groups -OCH3 is 1. The fourth-order valence-electron chi connectivity index (χ4n) is 2.17. The smallest absolute Gasteiger partial charge is 0.191 e. The molecule has 2 aromatic rings. The molecule has 2 rings (SSSR count). The molecule has 0 unspecified atom stereocenters. The molecule has 0 radical (unpaired) electrons. The van der Waals surface area contributed by atoms with E-state index in [-0.39, 0.29) is 24.0 Å². The van der Waals surface area contributed by atoms with E-state index in [0.717, 1.165) is 35.6 Å². The molecule has 0 bridgehead atoms. The molecule has 1 aromatic heterocycles. The molecule has 0 saturated heterocycles. The first-order chi connectivity index (χ1) is 11.7. The average Bonchev–Trinajstić information content (AvgIpc) is 3.07. The molecular weight excluding hydrogens is 455 g/mol. The Balaban J connectivity index is 0.00000312. The van der Waals surface area contributed by atoms with Crippen LogP contribution in [0.3, 0.4) is 0 Å². The van der Waals surface area contributed by atoms with Gasteiger partial charge in [0, 0.05) is 24.7 Å². The summed E-state index contributed by atoms with van der Waals surface area (Å²) in [6.45, 7) is 3.29. The second-order valence-electron chi connectivity index (χ2n) is 5.20. The standard InChI is InChI=1S/C17H23ClN4O2.HI/c1-4-13-9-15(24-22-13)11-21-17(19-2)20-8-7-12-5-6-14(23-3)10-16(12)18;/h5-6,9-10H,4,7-8,11H2,1-3H3,(H2,19,20,21);1H. The summed E-state index contributed by atoms with van der Waals surface area (Å²) in [5.41, 5.74) is 2.01. The number of nitrogens with one attached hydrogen (secondary N) is 2. The van der Waals surface area contributed by atoms with Gasteiger partial charge in [0.25, 0.3) is 0 Å². The molecule has 0 aliphatic carbocycles. The number of hydrogen-bond acceptors (Lipinski definition) is 4. The number of ether oxygens (including phenoxy) is 1. The van der Waals surface area contributed by atoms with Crippen molar-refractivity contribution in [3.8, 4) is 5.75 Å². The number of nitrogens with zero attached hydrogens (tertiary/aromatic N) is 2. The topological polar surface area (TPSA) is 71.7 Å².